The highest BCUT2D eigenvalue weighted by atomic mass is 32.1. The van der Waals surface area contributed by atoms with E-state index in [0.29, 0.717) is 0 Å². The highest BCUT2D eigenvalue weighted by molar-refractivity contribution is 7.26. The Balaban J connectivity index is 1.17. The lowest BCUT2D eigenvalue weighted by Gasteiger charge is -2.30. The third-order valence-electron chi connectivity index (χ3n) is 11.1. The SMILES string of the molecule is c1ccc(-c2ccccc2-c2c(-c3ccccc3)cccc2N(c2ccc(-c3ccc4sc5ccccc5c4c3)cc2)c2cccc3sc4ccccc4c23)cc1. The average Bonchev–Trinajstić information content (AvgIpc) is 3.86. The van der Waals surface area contributed by atoms with Gasteiger partial charge in [-0.2, -0.15) is 0 Å². The standard InChI is InChI=1S/C54H35NS2/c1-3-15-37(16-4-1)41-19-7-8-21-44(41)53-42(38-17-5-2-6-18-38)23-13-24-47(53)55(48-25-14-28-52-54(48)45-22-10-12-27-50(45)57-52)40-32-29-36(30-33-40)39-31-34-51-46(35-39)43-20-9-11-26-49(43)56-51/h1-35H. The number of thiophene rings is 2. The van der Waals surface area contributed by atoms with Gasteiger partial charge >= 0.3 is 0 Å². The molecule has 0 spiro atoms. The monoisotopic (exact) mass is 761 g/mol. The Morgan fingerprint density at radius 1 is 0.298 bits per heavy atom. The highest BCUT2D eigenvalue weighted by Gasteiger charge is 2.25. The molecule has 0 amide bonds. The summed E-state index contributed by atoms with van der Waals surface area (Å²) in [6.45, 7) is 0. The van der Waals surface area contributed by atoms with Crippen LogP contribution < -0.4 is 4.90 Å². The molecule has 11 rings (SSSR count). The second-order valence-corrected chi connectivity index (χ2v) is 16.6. The fraction of sp³-hybridized carbons (Fsp3) is 0. The maximum Gasteiger partial charge on any atom is 0.0555 e. The fourth-order valence-electron chi connectivity index (χ4n) is 8.50. The Hall–Kier alpha value is -6.78. The van der Waals surface area contributed by atoms with Crippen molar-refractivity contribution in [2.24, 2.45) is 0 Å². The van der Waals surface area contributed by atoms with Gasteiger partial charge < -0.3 is 4.90 Å². The predicted molar refractivity (Wildman–Crippen MR) is 249 cm³/mol. The van der Waals surface area contributed by atoms with E-state index in [1.807, 2.05) is 22.7 Å². The molecule has 0 unspecified atom stereocenters. The third-order valence-corrected chi connectivity index (χ3v) is 13.4. The van der Waals surface area contributed by atoms with Crippen LogP contribution in [0, 0.1) is 0 Å². The maximum atomic E-state index is 2.50. The number of benzene rings is 9. The van der Waals surface area contributed by atoms with Crippen molar-refractivity contribution in [2.45, 2.75) is 0 Å². The molecule has 0 radical (unpaired) electrons. The number of fused-ring (bicyclic) bond motifs is 6. The Bertz CT molecular complexity index is 3230. The van der Waals surface area contributed by atoms with E-state index in [0.717, 1.165) is 17.1 Å². The van der Waals surface area contributed by atoms with Crippen molar-refractivity contribution in [3.63, 3.8) is 0 Å². The minimum atomic E-state index is 1.10. The van der Waals surface area contributed by atoms with Gasteiger partial charge in [0.05, 0.1) is 11.4 Å². The van der Waals surface area contributed by atoms with Gasteiger partial charge in [0.2, 0.25) is 0 Å². The van der Waals surface area contributed by atoms with Gasteiger partial charge in [0.25, 0.3) is 0 Å². The van der Waals surface area contributed by atoms with Crippen molar-refractivity contribution >= 4 is 80.1 Å². The van der Waals surface area contributed by atoms with Crippen LogP contribution in [-0.4, -0.2) is 0 Å². The molecular formula is C54H35NS2. The molecular weight excluding hydrogens is 727 g/mol. The molecule has 2 aromatic heterocycles. The van der Waals surface area contributed by atoms with E-state index in [-0.39, 0.29) is 0 Å². The van der Waals surface area contributed by atoms with Gasteiger partial charge in [-0.25, -0.2) is 0 Å². The molecule has 3 heteroatoms. The Labute approximate surface area is 340 Å². The maximum absolute atomic E-state index is 2.50. The van der Waals surface area contributed by atoms with Crippen LogP contribution in [0.15, 0.2) is 212 Å². The molecule has 0 fully saturated rings. The summed E-state index contributed by atoms with van der Waals surface area (Å²) in [5.41, 5.74) is 13.0. The first-order valence-corrected chi connectivity index (χ1v) is 21.0. The molecule has 0 aliphatic heterocycles. The van der Waals surface area contributed by atoms with E-state index in [2.05, 4.69) is 217 Å². The van der Waals surface area contributed by atoms with Gasteiger partial charge in [-0.05, 0) is 93.5 Å². The molecule has 57 heavy (non-hydrogen) atoms. The molecule has 9 aromatic carbocycles. The predicted octanol–water partition coefficient (Wildman–Crippen LogP) is 16.6. The summed E-state index contributed by atoms with van der Waals surface area (Å²) in [5, 5.41) is 5.18. The van der Waals surface area contributed by atoms with Crippen LogP contribution in [0.5, 0.6) is 0 Å². The molecule has 11 aromatic rings. The molecule has 0 atom stereocenters. The Morgan fingerprint density at radius 3 is 1.60 bits per heavy atom. The fourth-order valence-corrected chi connectivity index (χ4v) is 10.7. The van der Waals surface area contributed by atoms with Gasteiger partial charge in [0.1, 0.15) is 0 Å². The van der Waals surface area contributed by atoms with E-state index < -0.39 is 0 Å². The summed E-state index contributed by atoms with van der Waals surface area (Å²) in [7, 11) is 0. The van der Waals surface area contributed by atoms with E-state index in [1.54, 1.807) is 0 Å². The summed E-state index contributed by atoms with van der Waals surface area (Å²) in [6.07, 6.45) is 0. The first kappa shape index (κ1) is 33.5. The third kappa shape index (κ3) is 5.83. The number of nitrogens with zero attached hydrogens (tertiary/aromatic N) is 1. The topological polar surface area (TPSA) is 3.24 Å². The van der Waals surface area contributed by atoms with Gasteiger partial charge in [-0.3, -0.25) is 0 Å². The van der Waals surface area contributed by atoms with Crippen molar-refractivity contribution in [2.75, 3.05) is 4.90 Å². The lowest BCUT2D eigenvalue weighted by molar-refractivity contribution is 1.30. The smallest absolute Gasteiger partial charge is 0.0555 e. The van der Waals surface area contributed by atoms with Crippen molar-refractivity contribution in [3.8, 4) is 44.5 Å². The summed E-state index contributed by atoms with van der Waals surface area (Å²) >= 11 is 3.72. The van der Waals surface area contributed by atoms with Crippen molar-refractivity contribution < 1.29 is 0 Å². The van der Waals surface area contributed by atoms with Crippen LogP contribution >= 0.6 is 22.7 Å². The van der Waals surface area contributed by atoms with Crippen LogP contribution in [0.3, 0.4) is 0 Å². The minimum absolute atomic E-state index is 1.10. The zero-order valence-corrected chi connectivity index (χ0v) is 32.6. The first-order valence-electron chi connectivity index (χ1n) is 19.3. The van der Waals surface area contributed by atoms with Gasteiger partial charge in [-0.15, -0.1) is 22.7 Å². The van der Waals surface area contributed by atoms with Gasteiger partial charge in [0.15, 0.2) is 0 Å². The van der Waals surface area contributed by atoms with Gasteiger partial charge in [0, 0.05) is 51.6 Å². The van der Waals surface area contributed by atoms with E-state index in [9.17, 15) is 0 Å². The van der Waals surface area contributed by atoms with Crippen LogP contribution in [0.2, 0.25) is 0 Å². The largest absolute Gasteiger partial charge is 0.309 e. The lowest BCUT2D eigenvalue weighted by Crippen LogP contribution is -2.12. The first-order chi connectivity index (χ1) is 28.3. The molecule has 0 saturated heterocycles. The molecule has 0 N–H and O–H groups in total. The number of rotatable bonds is 7. The molecule has 0 saturated carbocycles. The number of hydrogen-bond donors (Lipinski definition) is 0. The molecule has 0 aliphatic rings. The van der Waals surface area contributed by atoms with Gasteiger partial charge in [-0.1, -0.05) is 158 Å². The second kappa shape index (κ2) is 14.1. The molecule has 0 bridgehead atoms. The van der Waals surface area contributed by atoms with Crippen molar-refractivity contribution in [1.82, 2.24) is 0 Å². The zero-order valence-electron chi connectivity index (χ0n) is 31.0. The van der Waals surface area contributed by atoms with Crippen molar-refractivity contribution in [1.29, 1.82) is 0 Å². The molecule has 268 valence electrons. The summed E-state index contributed by atoms with van der Waals surface area (Å²) < 4.78 is 5.21. The normalized spacial score (nSPS) is 11.5. The van der Waals surface area contributed by atoms with Crippen LogP contribution in [0.25, 0.3) is 84.9 Å². The quantitative estimate of drug-likeness (QED) is 0.156. The zero-order chi connectivity index (χ0) is 37.7. The second-order valence-electron chi connectivity index (χ2n) is 14.4. The average molecular weight is 762 g/mol. The number of hydrogen-bond acceptors (Lipinski definition) is 3. The lowest BCUT2D eigenvalue weighted by atomic mass is 9.87. The molecule has 1 nitrogen and oxygen atoms in total. The van der Waals surface area contributed by atoms with Crippen LogP contribution in [0.4, 0.5) is 17.1 Å². The summed E-state index contributed by atoms with van der Waals surface area (Å²) in [5.74, 6) is 0. The van der Waals surface area contributed by atoms with Crippen molar-refractivity contribution in [3.05, 3.63) is 212 Å². The Morgan fingerprint density at radius 2 is 0.825 bits per heavy atom. The molecule has 2 heterocycles. The summed E-state index contributed by atoms with van der Waals surface area (Å²) in [6, 6.07) is 77.8. The van der Waals surface area contributed by atoms with Crippen LogP contribution in [0.1, 0.15) is 0 Å². The van der Waals surface area contributed by atoms with E-state index >= 15 is 0 Å². The minimum Gasteiger partial charge on any atom is -0.309 e. The van der Waals surface area contributed by atoms with E-state index in [4.69, 9.17) is 0 Å². The summed E-state index contributed by atoms with van der Waals surface area (Å²) in [4.78, 5) is 2.50. The number of anilines is 3. The molecule has 0 aliphatic carbocycles. The highest BCUT2D eigenvalue weighted by Crippen LogP contribution is 2.51. The van der Waals surface area contributed by atoms with Crippen LogP contribution in [-0.2, 0) is 0 Å². The Kier molecular flexibility index (Phi) is 8.28. The van der Waals surface area contributed by atoms with E-state index in [1.165, 1.54) is 84.9 Å².